The fourth-order valence-corrected chi connectivity index (χ4v) is 4.58. The van der Waals surface area contributed by atoms with Gasteiger partial charge < -0.3 is 5.32 Å². The van der Waals surface area contributed by atoms with Crippen LogP contribution in [0.2, 0.25) is 5.02 Å². The second-order valence-electron chi connectivity index (χ2n) is 6.42. The van der Waals surface area contributed by atoms with Crippen LogP contribution in [0.3, 0.4) is 0 Å². The fraction of sp³-hybridized carbons (Fsp3) is 0.0476. The summed E-state index contributed by atoms with van der Waals surface area (Å²) in [5.74, 6) is 0.274. The first-order valence-electron chi connectivity index (χ1n) is 8.98. The Hall–Kier alpha value is -2.94. The van der Waals surface area contributed by atoms with Gasteiger partial charge in [0.25, 0.3) is 10.0 Å². The first-order chi connectivity index (χ1) is 14.5. The van der Waals surface area contributed by atoms with Crippen molar-refractivity contribution in [3.05, 3.63) is 94.6 Å². The van der Waals surface area contributed by atoms with E-state index in [-0.39, 0.29) is 10.7 Å². The van der Waals surface area contributed by atoms with Gasteiger partial charge in [0.15, 0.2) is 5.13 Å². The molecule has 0 spiro atoms. The van der Waals surface area contributed by atoms with Gasteiger partial charge in [0.1, 0.15) is 5.82 Å². The molecule has 30 heavy (non-hydrogen) atoms. The minimum atomic E-state index is -3.70. The van der Waals surface area contributed by atoms with Crippen LogP contribution in [0.15, 0.2) is 83.2 Å². The van der Waals surface area contributed by atoms with Crippen molar-refractivity contribution >= 4 is 49.6 Å². The summed E-state index contributed by atoms with van der Waals surface area (Å²) in [6, 6.07) is 19.2. The third kappa shape index (κ3) is 5.15. The highest BCUT2D eigenvalue weighted by molar-refractivity contribution is 7.92. The Morgan fingerprint density at radius 3 is 2.43 bits per heavy atom. The van der Waals surface area contributed by atoms with E-state index in [1.165, 1.54) is 29.7 Å². The van der Waals surface area contributed by atoms with Crippen LogP contribution in [-0.4, -0.2) is 18.4 Å². The predicted molar refractivity (Wildman–Crippen MR) is 121 cm³/mol. The van der Waals surface area contributed by atoms with E-state index < -0.39 is 10.0 Å². The largest absolute Gasteiger partial charge is 0.332 e. The Labute approximate surface area is 183 Å². The molecule has 0 saturated heterocycles. The summed E-state index contributed by atoms with van der Waals surface area (Å²) >= 11 is 7.41. The van der Waals surface area contributed by atoms with Gasteiger partial charge in [-0.15, -0.1) is 11.3 Å². The first-order valence-corrected chi connectivity index (χ1v) is 11.7. The molecule has 2 heterocycles. The van der Waals surface area contributed by atoms with Gasteiger partial charge in [0, 0.05) is 28.7 Å². The third-order valence-electron chi connectivity index (χ3n) is 4.17. The number of anilines is 3. The molecule has 0 amide bonds. The number of nitrogens with one attached hydrogen (secondary N) is 2. The highest BCUT2D eigenvalue weighted by atomic mass is 35.5. The molecule has 0 atom stereocenters. The van der Waals surface area contributed by atoms with Crippen molar-refractivity contribution in [2.75, 3.05) is 10.0 Å². The molecule has 2 aromatic carbocycles. The minimum Gasteiger partial charge on any atom is -0.332 e. The molecule has 9 heteroatoms. The fourth-order valence-electron chi connectivity index (χ4n) is 2.72. The maximum absolute atomic E-state index is 12.5. The number of rotatable bonds is 7. The quantitative estimate of drug-likeness (QED) is 0.393. The molecule has 0 aliphatic carbocycles. The third-order valence-corrected chi connectivity index (χ3v) is 6.60. The topological polar surface area (TPSA) is 84.0 Å². The zero-order valence-electron chi connectivity index (χ0n) is 15.6. The van der Waals surface area contributed by atoms with Crippen LogP contribution in [0.1, 0.15) is 11.3 Å². The van der Waals surface area contributed by atoms with Gasteiger partial charge in [-0.2, -0.15) is 0 Å². The molecule has 0 fully saturated rings. The summed E-state index contributed by atoms with van der Waals surface area (Å²) in [5.41, 5.74) is 2.83. The number of thiazole rings is 1. The van der Waals surface area contributed by atoms with Crippen molar-refractivity contribution in [1.29, 1.82) is 0 Å². The molecule has 0 bridgehead atoms. The lowest BCUT2D eigenvalue weighted by Gasteiger charge is -2.08. The summed E-state index contributed by atoms with van der Waals surface area (Å²) in [7, 11) is -3.70. The van der Waals surface area contributed by atoms with Crippen molar-refractivity contribution in [3.63, 3.8) is 0 Å². The number of hydrogen-bond donors (Lipinski definition) is 2. The van der Waals surface area contributed by atoms with E-state index in [1.807, 2.05) is 29.6 Å². The molecule has 0 aliphatic heterocycles. The number of pyridine rings is 1. The lowest BCUT2D eigenvalue weighted by molar-refractivity contribution is 0.601. The Balaban J connectivity index is 1.41. The number of benzene rings is 2. The average molecular weight is 457 g/mol. The number of halogens is 1. The lowest BCUT2D eigenvalue weighted by atomic mass is 10.1. The van der Waals surface area contributed by atoms with E-state index in [2.05, 4.69) is 20.0 Å². The van der Waals surface area contributed by atoms with Gasteiger partial charge in [0.2, 0.25) is 0 Å². The SMILES string of the molecule is O=S(=O)(Nc1ccccn1)c1ccc(Nc2nc(Cc3ccc(Cl)cc3)cs2)cc1. The molecule has 0 saturated carbocycles. The van der Waals surface area contributed by atoms with Gasteiger partial charge in [0.05, 0.1) is 10.6 Å². The maximum Gasteiger partial charge on any atom is 0.263 e. The summed E-state index contributed by atoms with van der Waals surface area (Å²) < 4.78 is 27.4. The molecule has 152 valence electrons. The van der Waals surface area contributed by atoms with Crippen LogP contribution in [0, 0.1) is 0 Å². The number of sulfonamides is 1. The van der Waals surface area contributed by atoms with Gasteiger partial charge in [-0.1, -0.05) is 29.8 Å². The monoisotopic (exact) mass is 456 g/mol. The van der Waals surface area contributed by atoms with Gasteiger partial charge in [-0.25, -0.2) is 18.4 Å². The highest BCUT2D eigenvalue weighted by Crippen LogP contribution is 2.24. The summed E-state index contributed by atoms with van der Waals surface area (Å²) in [5, 5.41) is 6.64. The van der Waals surface area contributed by atoms with E-state index in [4.69, 9.17) is 11.6 Å². The number of hydrogen-bond acceptors (Lipinski definition) is 6. The van der Waals surface area contributed by atoms with Crippen LogP contribution < -0.4 is 10.0 Å². The van der Waals surface area contributed by atoms with Gasteiger partial charge in [-0.3, -0.25) is 4.72 Å². The molecular weight excluding hydrogens is 440 g/mol. The summed E-state index contributed by atoms with van der Waals surface area (Å²) in [6.45, 7) is 0. The first kappa shape index (κ1) is 20.3. The standard InChI is InChI=1S/C21H17ClN4O2S2/c22-16-6-4-15(5-7-16)13-18-14-29-21(25-18)24-17-8-10-19(11-9-17)30(27,28)26-20-3-1-2-12-23-20/h1-12,14H,13H2,(H,23,26)(H,24,25). The summed E-state index contributed by atoms with van der Waals surface area (Å²) in [4.78, 5) is 8.72. The zero-order chi connectivity index (χ0) is 21.0. The van der Waals surface area contributed by atoms with E-state index in [0.29, 0.717) is 11.4 Å². The van der Waals surface area contributed by atoms with E-state index in [9.17, 15) is 8.42 Å². The predicted octanol–water partition coefficient (Wildman–Crippen LogP) is 5.33. The molecular formula is C21H17ClN4O2S2. The zero-order valence-corrected chi connectivity index (χ0v) is 18.0. The Kier molecular flexibility index (Phi) is 5.98. The summed E-state index contributed by atoms with van der Waals surface area (Å²) in [6.07, 6.45) is 2.24. The van der Waals surface area contributed by atoms with Crippen molar-refractivity contribution in [1.82, 2.24) is 9.97 Å². The van der Waals surface area contributed by atoms with Crippen LogP contribution in [0.25, 0.3) is 0 Å². The van der Waals surface area contributed by atoms with Crippen molar-refractivity contribution in [2.24, 2.45) is 0 Å². The molecule has 6 nitrogen and oxygen atoms in total. The Bertz CT molecular complexity index is 1230. The maximum atomic E-state index is 12.5. The van der Waals surface area contributed by atoms with Crippen LogP contribution >= 0.6 is 22.9 Å². The Morgan fingerprint density at radius 2 is 1.73 bits per heavy atom. The normalized spacial score (nSPS) is 11.2. The van der Waals surface area contributed by atoms with E-state index in [0.717, 1.165) is 22.1 Å². The number of aromatic nitrogens is 2. The van der Waals surface area contributed by atoms with Crippen molar-refractivity contribution in [3.8, 4) is 0 Å². The average Bonchev–Trinajstić information content (AvgIpc) is 3.17. The minimum absolute atomic E-state index is 0.154. The molecule has 4 aromatic rings. The molecule has 0 unspecified atom stereocenters. The van der Waals surface area contributed by atoms with E-state index >= 15 is 0 Å². The Morgan fingerprint density at radius 1 is 0.967 bits per heavy atom. The molecule has 2 aromatic heterocycles. The lowest BCUT2D eigenvalue weighted by Crippen LogP contribution is -2.13. The molecule has 0 radical (unpaired) electrons. The van der Waals surface area contributed by atoms with Gasteiger partial charge >= 0.3 is 0 Å². The highest BCUT2D eigenvalue weighted by Gasteiger charge is 2.14. The smallest absolute Gasteiger partial charge is 0.263 e. The van der Waals surface area contributed by atoms with Crippen LogP contribution in [0.4, 0.5) is 16.6 Å². The van der Waals surface area contributed by atoms with Gasteiger partial charge in [-0.05, 0) is 54.1 Å². The van der Waals surface area contributed by atoms with Crippen LogP contribution in [0.5, 0.6) is 0 Å². The second kappa shape index (κ2) is 8.83. The van der Waals surface area contributed by atoms with Crippen molar-refractivity contribution in [2.45, 2.75) is 11.3 Å². The second-order valence-corrected chi connectivity index (χ2v) is 9.39. The van der Waals surface area contributed by atoms with Crippen LogP contribution in [-0.2, 0) is 16.4 Å². The van der Waals surface area contributed by atoms with E-state index in [1.54, 1.807) is 30.3 Å². The van der Waals surface area contributed by atoms with Crippen molar-refractivity contribution < 1.29 is 8.42 Å². The molecule has 4 rings (SSSR count). The number of nitrogens with zero attached hydrogens (tertiary/aromatic N) is 2. The molecule has 0 aliphatic rings. The molecule has 2 N–H and O–H groups in total.